The average Bonchev–Trinajstić information content (AvgIpc) is 3.03. The Kier molecular flexibility index (Phi) is 7.04. The highest BCUT2D eigenvalue weighted by Gasteiger charge is 2.22. The number of rotatable bonds is 4. The van der Waals surface area contributed by atoms with Crippen LogP contribution in [0.15, 0.2) is 47.6 Å². The van der Waals surface area contributed by atoms with E-state index >= 15 is 0 Å². The van der Waals surface area contributed by atoms with E-state index in [-0.39, 0.29) is 24.0 Å². The first-order valence-corrected chi connectivity index (χ1v) is 8.45. The number of guanidine groups is 1. The van der Waals surface area contributed by atoms with E-state index in [9.17, 15) is 0 Å². The fourth-order valence-corrected chi connectivity index (χ4v) is 2.92. The normalized spacial score (nSPS) is 13.2. The maximum absolute atomic E-state index is 4.85. The van der Waals surface area contributed by atoms with E-state index in [4.69, 9.17) is 4.99 Å². The van der Waals surface area contributed by atoms with Gasteiger partial charge in [-0.2, -0.15) is 0 Å². The van der Waals surface area contributed by atoms with Crippen LogP contribution in [0.5, 0.6) is 0 Å². The second-order valence-electron chi connectivity index (χ2n) is 6.12. The standard InChI is InChI=1S/C19H25N5.HI/c1-4-20-19(24-12-10-16-7-5-6-8-17(16)24)22-14-15-9-11-21-18(13-15)23(2)3;/h5-9,11,13H,4,10,12,14H2,1-3H3,(H,20,22);1H. The van der Waals surface area contributed by atoms with Crippen LogP contribution in [0.25, 0.3) is 0 Å². The van der Waals surface area contributed by atoms with Crippen molar-refractivity contribution in [3.05, 3.63) is 53.7 Å². The zero-order chi connectivity index (χ0) is 16.9. The molecule has 134 valence electrons. The summed E-state index contributed by atoms with van der Waals surface area (Å²) in [6.45, 7) is 4.58. The van der Waals surface area contributed by atoms with Crippen LogP contribution < -0.4 is 15.1 Å². The molecule has 2 heterocycles. The van der Waals surface area contributed by atoms with Gasteiger partial charge in [0.15, 0.2) is 5.96 Å². The summed E-state index contributed by atoms with van der Waals surface area (Å²) in [6.07, 6.45) is 2.92. The molecule has 2 aromatic rings. The van der Waals surface area contributed by atoms with Crippen LogP contribution in [-0.4, -0.2) is 38.1 Å². The number of pyridine rings is 1. The van der Waals surface area contributed by atoms with Gasteiger partial charge in [-0.3, -0.25) is 0 Å². The van der Waals surface area contributed by atoms with Crippen molar-refractivity contribution in [1.29, 1.82) is 0 Å². The first-order chi connectivity index (χ1) is 11.7. The highest BCUT2D eigenvalue weighted by molar-refractivity contribution is 14.0. The summed E-state index contributed by atoms with van der Waals surface area (Å²) in [7, 11) is 4.00. The lowest BCUT2D eigenvalue weighted by molar-refractivity contribution is 0.881. The maximum Gasteiger partial charge on any atom is 0.198 e. The van der Waals surface area contributed by atoms with Gasteiger partial charge in [0, 0.05) is 39.1 Å². The van der Waals surface area contributed by atoms with Crippen LogP contribution in [0.2, 0.25) is 0 Å². The molecular weight excluding hydrogens is 425 g/mol. The second-order valence-corrected chi connectivity index (χ2v) is 6.12. The molecule has 25 heavy (non-hydrogen) atoms. The van der Waals surface area contributed by atoms with Crippen molar-refractivity contribution >= 4 is 41.4 Å². The first kappa shape index (κ1) is 19.5. The van der Waals surface area contributed by atoms with E-state index in [1.807, 2.05) is 31.3 Å². The Morgan fingerprint density at radius 2 is 2.08 bits per heavy atom. The van der Waals surface area contributed by atoms with E-state index in [1.165, 1.54) is 11.3 Å². The molecule has 0 unspecified atom stereocenters. The van der Waals surface area contributed by atoms with E-state index in [2.05, 4.69) is 52.5 Å². The van der Waals surface area contributed by atoms with Crippen molar-refractivity contribution in [3.63, 3.8) is 0 Å². The maximum atomic E-state index is 4.85. The van der Waals surface area contributed by atoms with Crippen molar-refractivity contribution in [2.75, 3.05) is 37.0 Å². The monoisotopic (exact) mass is 451 g/mol. The number of benzene rings is 1. The molecule has 0 saturated carbocycles. The number of aromatic nitrogens is 1. The molecule has 0 atom stereocenters. The minimum atomic E-state index is 0. The summed E-state index contributed by atoms with van der Waals surface area (Å²) in [6, 6.07) is 12.7. The fraction of sp³-hybridized carbons (Fsp3) is 0.368. The second kappa shape index (κ2) is 9.03. The molecular formula is C19H26IN5. The number of para-hydroxylation sites is 1. The van der Waals surface area contributed by atoms with Crippen LogP contribution in [0.1, 0.15) is 18.1 Å². The van der Waals surface area contributed by atoms with Gasteiger partial charge in [-0.05, 0) is 42.7 Å². The van der Waals surface area contributed by atoms with Gasteiger partial charge in [0.1, 0.15) is 5.82 Å². The molecule has 0 fully saturated rings. The molecule has 0 amide bonds. The van der Waals surface area contributed by atoms with Gasteiger partial charge in [-0.15, -0.1) is 24.0 Å². The molecule has 5 nitrogen and oxygen atoms in total. The van der Waals surface area contributed by atoms with E-state index < -0.39 is 0 Å². The lowest BCUT2D eigenvalue weighted by Crippen LogP contribution is -2.40. The van der Waals surface area contributed by atoms with Gasteiger partial charge in [-0.1, -0.05) is 18.2 Å². The third-order valence-electron chi connectivity index (χ3n) is 4.16. The van der Waals surface area contributed by atoms with E-state index in [1.54, 1.807) is 0 Å². The highest BCUT2D eigenvalue weighted by Crippen LogP contribution is 2.27. The molecule has 1 aliphatic rings. The third-order valence-corrected chi connectivity index (χ3v) is 4.16. The Morgan fingerprint density at radius 3 is 2.84 bits per heavy atom. The Bertz CT molecular complexity index is 729. The average molecular weight is 451 g/mol. The number of aliphatic imine (C=N–C) groups is 1. The summed E-state index contributed by atoms with van der Waals surface area (Å²) >= 11 is 0. The zero-order valence-corrected chi connectivity index (χ0v) is 17.4. The van der Waals surface area contributed by atoms with Gasteiger partial charge in [0.05, 0.1) is 6.54 Å². The van der Waals surface area contributed by atoms with Crippen LogP contribution in [0.4, 0.5) is 11.5 Å². The molecule has 0 spiro atoms. The largest absolute Gasteiger partial charge is 0.363 e. The summed E-state index contributed by atoms with van der Waals surface area (Å²) in [5, 5.41) is 3.42. The van der Waals surface area contributed by atoms with Crippen molar-refractivity contribution in [3.8, 4) is 0 Å². The summed E-state index contributed by atoms with van der Waals surface area (Å²) < 4.78 is 0. The SMILES string of the molecule is CCNC(=NCc1ccnc(N(C)C)c1)N1CCc2ccccc21.I. The van der Waals surface area contributed by atoms with Crippen molar-refractivity contribution in [1.82, 2.24) is 10.3 Å². The van der Waals surface area contributed by atoms with Crippen LogP contribution in [0, 0.1) is 0 Å². The molecule has 1 aromatic heterocycles. The summed E-state index contributed by atoms with van der Waals surface area (Å²) in [5.41, 5.74) is 3.82. The van der Waals surface area contributed by atoms with Gasteiger partial charge < -0.3 is 15.1 Å². The smallest absolute Gasteiger partial charge is 0.198 e. The Labute approximate surface area is 167 Å². The highest BCUT2D eigenvalue weighted by atomic mass is 127. The number of nitrogens with zero attached hydrogens (tertiary/aromatic N) is 4. The number of anilines is 2. The lowest BCUT2D eigenvalue weighted by atomic mass is 10.2. The van der Waals surface area contributed by atoms with Gasteiger partial charge in [0.2, 0.25) is 0 Å². The van der Waals surface area contributed by atoms with Crippen LogP contribution in [-0.2, 0) is 13.0 Å². The Morgan fingerprint density at radius 1 is 1.28 bits per heavy atom. The minimum absolute atomic E-state index is 0. The van der Waals surface area contributed by atoms with Gasteiger partial charge in [-0.25, -0.2) is 9.98 Å². The first-order valence-electron chi connectivity index (χ1n) is 8.45. The molecule has 1 aliphatic heterocycles. The predicted molar refractivity (Wildman–Crippen MR) is 116 cm³/mol. The predicted octanol–water partition coefficient (Wildman–Crippen LogP) is 3.29. The molecule has 0 saturated heterocycles. The molecule has 0 bridgehead atoms. The summed E-state index contributed by atoms with van der Waals surface area (Å²) in [4.78, 5) is 13.5. The molecule has 0 aliphatic carbocycles. The third kappa shape index (κ3) is 4.62. The number of fused-ring (bicyclic) bond motifs is 1. The number of nitrogens with one attached hydrogen (secondary N) is 1. The van der Waals surface area contributed by atoms with E-state index in [0.29, 0.717) is 6.54 Å². The van der Waals surface area contributed by atoms with Crippen molar-refractivity contribution < 1.29 is 0 Å². The van der Waals surface area contributed by atoms with Gasteiger partial charge in [0.25, 0.3) is 0 Å². The molecule has 1 N–H and O–H groups in total. The number of hydrogen-bond donors (Lipinski definition) is 1. The zero-order valence-electron chi connectivity index (χ0n) is 15.1. The van der Waals surface area contributed by atoms with Gasteiger partial charge >= 0.3 is 0 Å². The molecule has 3 rings (SSSR count). The molecule has 0 radical (unpaired) electrons. The Hall–Kier alpha value is -1.83. The van der Waals surface area contributed by atoms with Crippen LogP contribution >= 0.6 is 24.0 Å². The lowest BCUT2D eigenvalue weighted by Gasteiger charge is -2.22. The molecule has 6 heteroatoms. The topological polar surface area (TPSA) is 43.8 Å². The number of halogens is 1. The van der Waals surface area contributed by atoms with Crippen LogP contribution in [0.3, 0.4) is 0 Å². The van der Waals surface area contributed by atoms with E-state index in [0.717, 1.165) is 36.9 Å². The fourth-order valence-electron chi connectivity index (χ4n) is 2.92. The Balaban J connectivity index is 0.00000225. The molecule has 1 aromatic carbocycles. The summed E-state index contributed by atoms with van der Waals surface area (Å²) in [5.74, 6) is 1.91. The van der Waals surface area contributed by atoms with Crippen molar-refractivity contribution in [2.45, 2.75) is 19.9 Å². The van der Waals surface area contributed by atoms with Crippen molar-refractivity contribution in [2.24, 2.45) is 4.99 Å². The number of hydrogen-bond acceptors (Lipinski definition) is 3. The minimum Gasteiger partial charge on any atom is -0.363 e. The quantitative estimate of drug-likeness (QED) is 0.440.